The fourth-order valence-electron chi connectivity index (χ4n) is 2.69. The SMILES string of the molecule is O=C(CCC(=O)Nc1ccccc1[N+](=O)[O-])N/N=C/c1c[nH]c2ccccc2c1=O. The van der Waals surface area contributed by atoms with Crippen LogP contribution in [-0.2, 0) is 9.59 Å². The summed E-state index contributed by atoms with van der Waals surface area (Å²) in [4.78, 5) is 49.5. The third kappa shape index (κ3) is 4.93. The highest BCUT2D eigenvalue weighted by Crippen LogP contribution is 2.23. The van der Waals surface area contributed by atoms with E-state index in [4.69, 9.17) is 0 Å². The number of para-hydroxylation sites is 3. The Morgan fingerprint density at radius 3 is 2.57 bits per heavy atom. The van der Waals surface area contributed by atoms with Crippen molar-refractivity contribution in [3.8, 4) is 0 Å². The number of nitrogens with zero attached hydrogens (tertiary/aromatic N) is 2. The lowest BCUT2D eigenvalue weighted by molar-refractivity contribution is -0.383. The number of pyridine rings is 1. The molecule has 0 saturated heterocycles. The van der Waals surface area contributed by atoms with Crippen LogP contribution >= 0.6 is 0 Å². The molecule has 3 rings (SSSR count). The van der Waals surface area contributed by atoms with Crippen molar-refractivity contribution in [3.63, 3.8) is 0 Å². The number of nitro groups is 1. The molecule has 1 heterocycles. The molecule has 3 N–H and O–H groups in total. The van der Waals surface area contributed by atoms with Crippen molar-refractivity contribution in [1.82, 2.24) is 10.4 Å². The minimum Gasteiger partial charge on any atom is -0.360 e. The molecular weight excluding hydrogens is 390 g/mol. The average molecular weight is 407 g/mol. The lowest BCUT2D eigenvalue weighted by Crippen LogP contribution is -2.21. The molecular formula is C20H17N5O5. The first-order chi connectivity index (χ1) is 14.5. The summed E-state index contributed by atoms with van der Waals surface area (Å²) in [5.41, 5.74) is 2.79. The summed E-state index contributed by atoms with van der Waals surface area (Å²) in [6, 6.07) is 12.7. The molecule has 0 spiro atoms. The molecule has 10 nitrogen and oxygen atoms in total. The predicted molar refractivity (Wildman–Crippen MR) is 111 cm³/mol. The van der Waals surface area contributed by atoms with Crippen molar-refractivity contribution in [2.45, 2.75) is 12.8 Å². The van der Waals surface area contributed by atoms with Crippen LogP contribution in [0.3, 0.4) is 0 Å². The van der Waals surface area contributed by atoms with Crippen molar-refractivity contribution < 1.29 is 14.5 Å². The van der Waals surface area contributed by atoms with Gasteiger partial charge in [-0.15, -0.1) is 0 Å². The van der Waals surface area contributed by atoms with Gasteiger partial charge in [0.1, 0.15) is 5.69 Å². The second kappa shape index (κ2) is 9.24. The zero-order valence-electron chi connectivity index (χ0n) is 15.6. The molecule has 0 saturated carbocycles. The smallest absolute Gasteiger partial charge is 0.292 e. The molecule has 0 aliphatic heterocycles. The van der Waals surface area contributed by atoms with Crippen LogP contribution in [0.5, 0.6) is 0 Å². The molecule has 0 radical (unpaired) electrons. The highest BCUT2D eigenvalue weighted by Gasteiger charge is 2.15. The van der Waals surface area contributed by atoms with Crippen molar-refractivity contribution in [2.24, 2.45) is 5.10 Å². The Morgan fingerprint density at radius 1 is 1.07 bits per heavy atom. The standard InChI is InChI=1S/C20H17N5O5/c26-18(23-16-7-3-4-8-17(16)25(29)30)9-10-19(27)24-22-12-13-11-21-15-6-2-1-5-14(15)20(13)28/h1-8,11-12H,9-10H2,(H,21,28)(H,23,26)(H,24,27)/b22-12+. The van der Waals surface area contributed by atoms with Gasteiger partial charge in [-0.3, -0.25) is 24.5 Å². The molecule has 2 aromatic carbocycles. The summed E-state index contributed by atoms with van der Waals surface area (Å²) in [7, 11) is 0. The monoisotopic (exact) mass is 407 g/mol. The van der Waals surface area contributed by atoms with Crippen molar-refractivity contribution in [1.29, 1.82) is 0 Å². The number of carbonyl (C=O) groups is 2. The lowest BCUT2D eigenvalue weighted by atomic mass is 10.1. The molecule has 0 aliphatic carbocycles. The number of nitro benzene ring substituents is 1. The van der Waals surface area contributed by atoms with Crippen LogP contribution in [0, 0.1) is 10.1 Å². The summed E-state index contributed by atoms with van der Waals surface area (Å²) in [6.45, 7) is 0. The zero-order chi connectivity index (χ0) is 21.5. The number of aromatic amines is 1. The van der Waals surface area contributed by atoms with Gasteiger partial charge in [-0.05, 0) is 18.2 Å². The Hall–Kier alpha value is -4.34. The molecule has 30 heavy (non-hydrogen) atoms. The van der Waals surface area contributed by atoms with Gasteiger partial charge in [0, 0.05) is 36.0 Å². The number of nitrogens with one attached hydrogen (secondary N) is 3. The highest BCUT2D eigenvalue weighted by molar-refractivity contribution is 5.95. The lowest BCUT2D eigenvalue weighted by Gasteiger charge is -2.05. The van der Waals surface area contributed by atoms with Crippen LogP contribution in [0.1, 0.15) is 18.4 Å². The van der Waals surface area contributed by atoms with Crippen LogP contribution in [0.15, 0.2) is 64.6 Å². The van der Waals surface area contributed by atoms with E-state index in [-0.39, 0.29) is 35.2 Å². The number of carbonyl (C=O) groups excluding carboxylic acids is 2. The number of hydrogen-bond donors (Lipinski definition) is 3. The second-order valence-electron chi connectivity index (χ2n) is 6.23. The molecule has 0 bridgehead atoms. The van der Waals surface area contributed by atoms with Crippen LogP contribution in [0.2, 0.25) is 0 Å². The first-order valence-corrected chi connectivity index (χ1v) is 8.91. The normalized spacial score (nSPS) is 10.8. The van der Waals surface area contributed by atoms with Gasteiger partial charge >= 0.3 is 0 Å². The van der Waals surface area contributed by atoms with E-state index in [0.29, 0.717) is 10.9 Å². The summed E-state index contributed by atoms with van der Waals surface area (Å²) in [5.74, 6) is -1.09. The Labute approximate surface area is 169 Å². The minimum atomic E-state index is -0.606. The van der Waals surface area contributed by atoms with E-state index in [9.17, 15) is 24.5 Å². The van der Waals surface area contributed by atoms with E-state index in [2.05, 4.69) is 20.8 Å². The number of fused-ring (bicyclic) bond motifs is 1. The molecule has 0 atom stereocenters. The van der Waals surface area contributed by atoms with Crippen molar-refractivity contribution in [3.05, 3.63) is 80.6 Å². The van der Waals surface area contributed by atoms with Gasteiger partial charge in [-0.25, -0.2) is 5.43 Å². The van der Waals surface area contributed by atoms with Gasteiger partial charge < -0.3 is 10.3 Å². The van der Waals surface area contributed by atoms with E-state index in [1.165, 1.54) is 30.6 Å². The largest absolute Gasteiger partial charge is 0.360 e. The summed E-state index contributed by atoms with van der Waals surface area (Å²) in [6.07, 6.45) is 2.33. The topological polar surface area (TPSA) is 147 Å². The molecule has 2 amide bonds. The average Bonchev–Trinajstić information content (AvgIpc) is 2.74. The van der Waals surface area contributed by atoms with E-state index < -0.39 is 16.7 Å². The van der Waals surface area contributed by atoms with Crippen molar-refractivity contribution >= 4 is 40.3 Å². The Morgan fingerprint density at radius 2 is 1.77 bits per heavy atom. The fourth-order valence-corrected chi connectivity index (χ4v) is 2.69. The number of aromatic nitrogens is 1. The van der Waals surface area contributed by atoms with Gasteiger partial charge in [0.05, 0.1) is 16.7 Å². The van der Waals surface area contributed by atoms with Gasteiger partial charge in [0.15, 0.2) is 5.43 Å². The quantitative estimate of drug-likeness (QED) is 0.312. The molecule has 1 aromatic heterocycles. The number of amides is 2. The Balaban J connectivity index is 1.53. The number of hydrogen-bond acceptors (Lipinski definition) is 6. The molecule has 10 heteroatoms. The maximum atomic E-state index is 12.3. The van der Waals surface area contributed by atoms with Crippen LogP contribution in [0.4, 0.5) is 11.4 Å². The number of anilines is 1. The summed E-state index contributed by atoms with van der Waals surface area (Å²) in [5, 5.41) is 17.6. The third-order valence-electron chi connectivity index (χ3n) is 4.16. The van der Waals surface area contributed by atoms with Gasteiger partial charge in [-0.2, -0.15) is 5.10 Å². The van der Waals surface area contributed by atoms with E-state index in [0.717, 1.165) is 0 Å². The Bertz CT molecular complexity index is 1200. The minimum absolute atomic E-state index is 0.0569. The van der Waals surface area contributed by atoms with Crippen molar-refractivity contribution in [2.75, 3.05) is 5.32 Å². The van der Waals surface area contributed by atoms with E-state index in [1.807, 2.05) is 0 Å². The van der Waals surface area contributed by atoms with Crippen LogP contribution in [0.25, 0.3) is 10.9 Å². The molecule has 0 aliphatic rings. The van der Waals surface area contributed by atoms with Gasteiger partial charge in [-0.1, -0.05) is 24.3 Å². The van der Waals surface area contributed by atoms with Crippen LogP contribution in [-0.4, -0.2) is 27.9 Å². The van der Waals surface area contributed by atoms with Gasteiger partial charge in [0.2, 0.25) is 11.8 Å². The van der Waals surface area contributed by atoms with Crippen LogP contribution < -0.4 is 16.2 Å². The first-order valence-electron chi connectivity index (χ1n) is 8.91. The molecule has 0 unspecified atom stereocenters. The van der Waals surface area contributed by atoms with E-state index in [1.54, 1.807) is 30.3 Å². The number of rotatable bonds is 7. The predicted octanol–water partition coefficient (Wildman–Crippen LogP) is 2.31. The highest BCUT2D eigenvalue weighted by atomic mass is 16.6. The fraction of sp³-hybridized carbons (Fsp3) is 0.100. The summed E-state index contributed by atoms with van der Waals surface area (Å²) < 4.78 is 0. The number of hydrazone groups is 1. The summed E-state index contributed by atoms with van der Waals surface area (Å²) >= 11 is 0. The first kappa shape index (κ1) is 20.4. The molecule has 0 fully saturated rings. The maximum Gasteiger partial charge on any atom is 0.292 e. The second-order valence-corrected chi connectivity index (χ2v) is 6.23. The number of benzene rings is 2. The maximum absolute atomic E-state index is 12.3. The number of H-pyrrole nitrogens is 1. The Kier molecular flexibility index (Phi) is 6.28. The third-order valence-corrected chi connectivity index (χ3v) is 4.16. The molecule has 3 aromatic rings. The van der Waals surface area contributed by atoms with Gasteiger partial charge in [0.25, 0.3) is 5.69 Å². The van der Waals surface area contributed by atoms with E-state index >= 15 is 0 Å². The zero-order valence-corrected chi connectivity index (χ0v) is 15.6. The molecule has 152 valence electrons.